The number of alkyl halides is 3. The number of hydrogen-bond acceptors (Lipinski definition) is 2. The maximum atomic E-state index is 13.2. The first kappa shape index (κ1) is 14.6. The third kappa shape index (κ3) is 2.22. The van der Waals surface area contributed by atoms with Gasteiger partial charge in [0.2, 0.25) is 11.6 Å². The lowest BCUT2D eigenvalue weighted by atomic mass is 10.0. The molecule has 0 aliphatic rings. The van der Waals surface area contributed by atoms with E-state index in [9.17, 15) is 30.7 Å². The Morgan fingerprint density at radius 1 is 0.944 bits per heavy atom. The van der Waals surface area contributed by atoms with Crippen molar-refractivity contribution in [1.82, 2.24) is 0 Å². The van der Waals surface area contributed by atoms with Crippen molar-refractivity contribution in [1.29, 1.82) is 0 Å². The molecule has 0 bridgehead atoms. The Hall–Kier alpha value is -1.51. The summed E-state index contributed by atoms with van der Waals surface area (Å²) in [7, 11) is 0.698. The Bertz CT molecular complexity index is 442. The molecule has 102 valence electrons. The van der Waals surface area contributed by atoms with E-state index in [2.05, 4.69) is 10.5 Å². The van der Waals surface area contributed by atoms with Gasteiger partial charge in [0.1, 0.15) is 6.04 Å². The number of halogens is 7. The van der Waals surface area contributed by atoms with Gasteiger partial charge in [-0.05, 0) is 0 Å². The van der Waals surface area contributed by atoms with Crippen LogP contribution in [0.4, 0.5) is 30.7 Å². The third-order valence-corrected chi connectivity index (χ3v) is 2.12. The highest BCUT2D eigenvalue weighted by Gasteiger charge is 2.43. The SMILES string of the molecule is COc1c(F)c(F)c([C@@H](N)C(F)(F)F)c(F)c1F. The maximum Gasteiger partial charge on any atom is 0.407 e. The first-order chi connectivity index (χ1) is 8.12. The van der Waals surface area contributed by atoms with Crippen LogP contribution in [0.1, 0.15) is 11.6 Å². The van der Waals surface area contributed by atoms with Gasteiger partial charge in [-0.1, -0.05) is 0 Å². The molecule has 0 aliphatic heterocycles. The summed E-state index contributed by atoms with van der Waals surface area (Å²) in [5.41, 5.74) is 2.59. The minimum absolute atomic E-state index is 0.698. The molecule has 1 rings (SSSR count). The molecule has 0 spiro atoms. The molecule has 0 amide bonds. The van der Waals surface area contributed by atoms with Crippen molar-refractivity contribution in [3.63, 3.8) is 0 Å². The van der Waals surface area contributed by atoms with E-state index in [1.807, 2.05) is 0 Å². The van der Waals surface area contributed by atoms with Crippen LogP contribution in [0.5, 0.6) is 5.75 Å². The first-order valence-electron chi connectivity index (χ1n) is 4.35. The van der Waals surface area contributed by atoms with Crippen LogP contribution in [0.3, 0.4) is 0 Å². The van der Waals surface area contributed by atoms with E-state index in [1.165, 1.54) is 0 Å². The van der Waals surface area contributed by atoms with Crippen LogP contribution in [-0.2, 0) is 0 Å². The Morgan fingerprint density at radius 2 is 1.33 bits per heavy atom. The fourth-order valence-corrected chi connectivity index (χ4v) is 1.24. The van der Waals surface area contributed by atoms with Gasteiger partial charge >= 0.3 is 6.18 Å². The van der Waals surface area contributed by atoms with Crippen LogP contribution in [-0.4, -0.2) is 13.3 Å². The molecule has 1 atom stereocenters. The number of hydrogen-bond donors (Lipinski definition) is 1. The van der Waals surface area contributed by atoms with E-state index < -0.39 is 46.8 Å². The lowest BCUT2D eigenvalue weighted by Crippen LogP contribution is -2.31. The van der Waals surface area contributed by atoms with Gasteiger partial charge in [-0.3, -0.25) is 0 Å². The zero-order valence-corrected chi connectivity index (χ0v) is 8.71. The van der Waals surface area contributed by atoms with Crippen LogP contribution < -0.4 is 10.5 Å². The van der Waals surface area contributed by atoms with Crippen molar-refractivity contribution in [2.24, 2.45) is 5.73 Å². The highest BCUT2D eigenvalue weighted by molar-refractivity contribution is 5.36. The molecule has 9 heteroatoms. The summed E-state index contributed by atoms with van der Waals surface area (Å²) in [6, 6.07) is -3.19. The molecule has 18 heavy (non-hydrogen) atoms. The summed E-state index contributed by atoms with van der Waals surface area (Å²) in [5.74, 6) is -10.1. The zero-order valence-electron chi connectivity index (χ0n) is 8.71. The Kier molecular flexibility index (Phi) is 3.75. The second-order valence-electron chi connectivity index (χ2n) is 3.22. The number of nitrogens with two attached hydrogens (primary N) is 1. The second kappa shape index (κ2) is 4.63. The summed E-state index contributed by atoms with van der Waals surface area (Å²) in [5, 5.41) is 0. The van der Waals surface area contributed by atoms with Crippen LogP contribution in [0.15, 0.2) is 0 Å². The molecule has 0 heterocycles. The quantitative estimate of drug-likeness (QED) is 0.666. The van der Waals surface area contributed by atoms with Gasteiger partial charge in [0, 0.05) is 0 Å². The minimum atomic E-state index is -5.25. The predicted octanol–water partition coefficient (Wildman–Crippen LogP) is 2.81. The molecule has 1 aromatic carbocycles. The average Bonchev–Trinajstić information content (AvgIpc) is 2.26. The molecule has 0 aliphatic carbocycles. The smallest absolute Gasteiger partial charge is 0.407 e. The highest BCUT2D eigenvalue weighted by Crippen LogP contribution is 2.38. The molecule has 2 nitrogen and oxygen atoms in total. The van der Waals surface area contributed by atoms with Crippen LogP contribution in [0, 0.1) is 23.3 Å². The average molecular weight is 277 g/mol. The van der Waals surface area contributed by atoms with Crippen molar-refractivity contribution in [2.45, 2.75) is 12.2 Å². The lowest BCUT2D eigenvalue weighted by molar-refractivity contribution is -0.150. The molecule has 2 N–H and O–H groups in total. The Balaban J connectivity index is 3.57. The van der Waals surface area contributed by atoms with Crippen LogP contribution >= 0.6 is 0 Å². The van der Waals surface area contributed by atoms with Gasteiger partial charge in [-0.2, -0.15) is 22.0 Å². The number of ether oxygens (including phenoxy) is 1. The molecule has 0 saturated heterocycles. The number of methoxy groups -OCH3 is 1. The summed E-state index contributed by atoms with van der Waals surface area (Å²) < 4.78 is 93.3. The van der Waals surface area contributed by atoms with Crippen LogP contribution in [0.25, 0.3) is 0 Å². The van der Waals surface area contributed by atoms with E-state index >= 15 is 0 Å². The van der Waals surface area contributed by atoms with Crippen molar-refractivity contribution in [3.05, 3.63) is 28.8 Å². The van der Waals surface area contributed by atoms with Gasteiger partial charge in [-0.25, -0.2) is 8.78 Å². The summed E-state index contributed by atoms with van der Waals surface area (Å²) >= 11 is 0. The zero-order chi connectivity index (χ0) is 14.2. The monoisotopic (exact) mass is 277 g/mol. The van der Waals surface area contributed by atoms with E-state index in [-0.39, 0.29) is 0 Å². The molecule has 0 radical (unpaired) electrons. The molecule has 0 saturated carbocycles. The first-order valence-corrected chi connectivity index (χ1v) is 4.35. The summed E-state index contributed by atoms with van der Waals surface area (Å²) in [6.07, 6.45) is -5.25. The van der Waals surface area contributed by atoms with Gasteiger partial charge in [0.15, 0.2) is 17.4 Å². The van der Waals surface area contributed by atoms with Crippen molar-refractivity contribution in [3.8, 4) is 5.75 Å². The van der Waals surface area contributed by atoms with Crippen molar-refractivity contribution < 1.29 is 35.5 Å². The second-order valence-corrected chi connectivity index (χ2v) is 3.22. The molecule has 0 fully saturated rings. The Labute approximate surface area is 96.1 Å². The molecular formula is C9H6F7NO. The summed E-state index contributed by atoms with van der Waals surface area (Å²) in [4.78, 5) is 0. The molecule has 0 aromatic heterocycles. The number of benzene rings is 1. The van der Waals surface area contributed by atoms with Gasteiger partial charge in [-0.15, -0.1) is 0 Å². The van der Waals surface area contributed by atoms with Gasteiger partial charge < -0.3 is 10.5 Å². The third-order valence-electron chi connectivity index (χ3n) is 2.12. The predicted molar refractivity (Wildman–Crippen MR) is 45.8 cm³/mol. The van der Waals surface area contributed by atoms with E-state index in [0.29, 0.717) is 7.11 Å². The fraction of sp³-hybridized carbons (Fsp3) is 0.333. The number of rotatable bonds is 2. The van der Waals surface area contributed by atoms with Crippen LogP contribution in [0.2, 0.25) is 0 Å². The Morgan fingerprint density at radius 3 is 1.61 bits per heavy atom. The van der Waals surface area contributed by atoms with E-state index in [4.69, 9.17) is 0 Å². The van der Waals surface area contributed by atoms with Gasteiger partial charge in [0.05, 0.1) is 12.7 Å². The fourth-order valence-electron chi connectivity index (χ4n) is 1.24. The molecule has 1 aromatic rings. The maximum absolute atomic E-state index is 13.2. The molecular weight excluding hydrogens is 271 g/mol. The largest absolute Gasteiger partial charge is 0.491 e. The van der Waals surface area contributed by atoms with E-state index in [0.717, 1.165) is 0 Å². The molecule has 0 unspecified atom stereocenters. The topological polar surface area (TPSA) is 35.2 Å². The minimum Gasteiger partial charge on any atom is -0.491 e. The van der Waals surface area contributed by atoms with E-state index in [1.54, 1.807) is 0 Å². The lowest BCUT2D eigenvalue weighted by Gasteiger charge is -2.18. The van der Waals surface area contributed by atoms with Crippen molar-refractivity contribution >= 4 is 0 Å². The standard InChI is InChI=1S/C9H6F7NO/c1-18-7-5(12)3(10)2(4(11)6(7)13)8(17)9(14,15)16/h8H,17H2,1H3/t8-/m1/s1. The summed E-state index contributed by atoms with van der Waals surface area (Å²) in [6.45, 7) is 0. The normalized spacial score (nSPS) is 13.6. The van der Waals surface area contributed by atoms with Crippen molar-refractivity contribution in [2.75, 3.05) is 7.11 Å². The highest BCUT2D eigenvalue weighted by atomic mass is 19.4. The van der Waals surface area contributed by atoms with Gasteiger partial charge in [0.25, 0.3) is 0 Å².